The molecule has 0 aromatic carbocycles. The van der Waals surface area contributed by atoms with Crippen molar-refractivity contribution in [1.29, 1.82) is 0 Å². The number of nitrogens with zero attached hydrogens (tertiary/aromatic N) is 2. The SMILES string of the molecule is CCCNCc1c(C)nn(CCC(=O)NC(C)C)c1C. The molecule has 1 aromatic heterocycles. The van der Waals surface area contributed by atoms with Crippen LogP contribution in [0.2, 0.25) is 0 Å². The Morgan fingerprint density at radius 2 is 2.05 bits per heavy atom. The molecule has 0 atom stereocenters. The van der Waals surface area contributed by atoms with E-state index in [1.54, 1.807) is 0 Å². The molecule has 0 fully saturated rings. The Balaban J connectivity index is 2.58. The predicted octanol–water partition coefficient (Wildman–Crippen LogP) is 1.91. The number of hydrogen-bond acceptors (Lipinski definition) is 3. The molecule has 0 aliphatic carbocycles. The molecule has 0 spiro atoms. The molecule has 0 saturated heterocycles. The zero-order chi connectivity index (χ0) is 15.1. The van der Waals surface area contributed by atoms with Crippen LogP contribution in [0.25, 0.3) is 0 Å². The predicted molar refractivity (Wildman–Crippen MR) is 81.6 cm³/mol. The van der Waals surface area contributed by atoms with E-state index in [9.17, 15) is 4.79 Å². The molecule has 1 aromatic rings. The van der Waals surface area contributed by atoms with Crippen molar-refractivity contribution >= 4 is 5.91 Å². The number of aryl methyl sites for hydroxylation is 2. The molecule has 0 bridgehead atoms. The Kier molecular flexibility index (Phi) is 6.71. The molecule has 114 valence electrons. The minimum Gasteiger partial charge on any atom is -0.354 e. The van der Waals surface area contributed by atoms with Crippen LogP contribution < -0.4 is 10.6 Å². The highest BCUT2D eigenvalue weighted by atomic mass is 16.1. The second-order valence-electron chi connectivity index (χ2n) is 5.52. The van der Waals surface area contributed by atoms with Gasteiger partial charge >= 0.3 is 0 Å². The lowest BCUT2D eigenvalue weighted by molar-refractivity contribution is -0.121. The van der Waals surface area contributed by atoms with Gasteiger partial charge in [-0.2, -0.15) is 5.10 Å². The largest absolute Gasteiger partial charge is 0.354 e. The van der Waals surface area contributed by atoms with Gasteiger partial charge in [-0.1, -0.05) is 6.92 Å². The lowest BCUT2D eigenvalue weighted by Crippen LogP contribution is -2.30. The van der Waals surface area contributed by atoms with Crippen LogP contribution in [0.3, 0.4) is 0 Å². The van der Waals surface area contributed by atoms with Crippen LogP contribution in [0, 0.1) is 13.8 Å². The van der Waals surface area contributed by atoms with Crippen LogP contribution >= 0.6 is 0 Å². The summed E-state index contributed by atoms with van der Waals surface area (Å²) in [7, 11) is 0. The first kappa shape index (κ1) is 16.7. The van der Waals surface area contributed by atoms with E-state index in [0.717, 1.165) is 30.9 Å². The molecule has 5 heteroatoms. The van der Waals surface area contributed by atoms with Gasteiger partial charge in [-0.3, -0.25) is 9.48 Å². The molecule has 0 unspecified atom stereocenters. The summed E-state index contributed by atoms with van der Waals surface area (Å²) in [6.45, 7) is 12.7. The maximum atomic E-state index is 11.7. The first-order chi connectivity index (χ1) is 9.45. The molecular weight excluding hydrogens is 252 g/mol. The van der Waals surface area contributed by atoms with Crippen molar-refractivity contribution in [2.24, 2.45) is 0 Å². The Hall–Kier alpha value is -1.36. The molecule has 0 aliphatic heterocycles. The van der Waals surface area contributed by atoms with Crippen molar-refractivity contribution in [2.45, 2.75) is 66.6 Å². The highest BCUT2D eigenvalue weighted by molar-refractivity contribution is 5.76. The third-order valence-electron chi connectivity index (χ3n) is 3.26. The van der Waals surface area contributed by atoms with Gasteiger partial charge in [0.1, 0.15) is 0 Å². The average Bonchev–Trinajstić information content (AvgIpc) is 2.63. The third-order valence-corrected chi connectivity index (χ3v) is 3.26. The molecule has 0 saturated carbocycles. The van der Waals surface area contributed by atoms with Crippen LogP contribution in [0.15, 0.2) is 0 Å². The van der Waals surface area contributed by atoms with E-state index in [0.29, 0.717) is 13.0 Å². The molecule has 1 amide bonds. The highest BCUT2D eigenvalue weighted by Gasteiger charge is 2.12. The zero-order valence-electron chi connectivity index (χ0n) is 13.4. The topological polar surface area (TPSA) is 59.0 Å². The molecule has 20 heavy (non-hydrogen) atoms. The molecule has 5 nitrogen and oxygen atoms in total. The van der Waals surface area contributed by atoms with E-state index in [1.807, 2.05) is 25.5 Å². The quantitative estimate of drug-likeness (QED) is 0.715. The normalized spacial score (nSPS) is 11.1. The second-order valence-corrected chi connectivity index (χ2v) is 5.52. The van der Waals surface area contributed by atoms with E-state index in [4.69, 9.17) is 0 Å². The van der Waals surface area contributed by atoms with E-state index < -0.39 is 0 Å². The first-order valence-corrected chi connectivity index (χ1v) is 7.48. The molecule has 2 N–H and O–H groups in total. The number of aromatic nitrogens is 2. The van der Waals surface area contributed by atoms with Crippen LogP contribution in [0.1, 0.15) is 50.6 Å². The Labute approximate surface area is 122 Å². The van der Waals surface area contributed by atoms with Crippen molar-refractivity contribution in [2.75, 3.05) is 6.54 Å². The number of rotatable bonds is 8. The van der Waals surface area contributed by atoms with Gasteiger partial charge in [0.2, 0.25) is 5.91 Å². The van der Waals surface area contributed by atoms with Gasteiger partial charge < -0.3 is 10.6 Å². The molecule has 1 rings (SSSR count). The van der Waals surface area contributed by atoms with Gasteiger partial charge in [-0.05, 0) is 40.7 Å². The van der Waals surface area contributed by atoms with Gasteiger partial charge in [-0.15, -0.1) is 0 Å². The number of hydrogen-bond donors (Lipinski definition) is 2. The van der Waals surface area contributed by atoms with Gasteiger partial charge in [0, 0.05) is 36.8 Å². The number of nitrogens with one attached hydrogen (secondary N) is 2. The lowest BCUT2D eigenvalue weighted by Gasteiger charge is -2.09. The van der Waals surface area contributed by atoms with Crippen molar-refractivity contribution in [1.82, 2.24) is 20.4 Å². The standard InChI is InChI=1S/C15H28N4O/c1-6-8-16-10-14-12(4)18-19(13(14)5)9-7-15(20)17-11(2)3/h11,16H,6-10H2,1-5H3,(H,17,20). The second kappa shape index (κ2) is 8.04. The zero-order valence-corrected chi connectivity index (χ0v) is 13.4. The fourth-order valence-corrected chi connectivity index (χ4v) is 2.20. The maximum Gasteiger partial charge on any atom is 0.222 e. The smallest absolute Gasteiger partial charge is 0.222 e. The summed E-state index contributed by atoms with van der Waals surface area (Å²) in [5, 5.41) is 10.8. The van der Waals surface area contributed by atoms with Crippen LogP contribution in [0.4, 0.5) is 0 Å². The Morgan fingerprint density at radius 1 is 1.35 bits per heavy atom. The minimum absolute atomic E-state index is 0.0817. The molecule has 0 radical (unpaired) electrons. The van der Waals surface area contributed by atoms with E-state index in [1.165, 1.54) is 5.56 Å². The van der Waals surface area contributed by atoms with Gasteiger partial charge in [0.05, 0.1) is 5.69 Å². The van der Waals surface area contributed by atoms with Crippen molar-refractivity contribution in [3.8, 4) is 0 Å². The summed E-state index contributed by atoms with van der Waals surface area (Å²) >= 11 is 0. The van der Waals surface area contributed by atoms with Crippen LogP contribution in [-0.2, 0) is 17.9 Å². The molecular formula is C15H28N4O. The van der Waals surface area contributed by atoms with E-state index in [2.05, 4.69) is 29.6 Å². The number of carbonyl (C=O) groups is 1. The Morgan fingerprint density at radius 3 is 2.65 bits per heavy atom. The highest BCUT2D eigenvalue weighted by Crippen LogP contribution is 2.13. The van der Waals surface area contributed by atoms with Gasteiger partial charge in [0.15, 0.2) is 0 Å². The van der Waals surface area contributed by atoms with Crippen molar-refractivity contribution in [3.63, 3.8) is 0 Å². The van der Waals surface area contributed by atoms with Crippen molar-refractivity contribution < 1.29 is 4.79 Å². The fraction of sp³-hybridized carbons (Fsp3) is 0.733. The average molecular weight is 280 g/mol. The summed E-state index contributed by atoms with van der Waals surface area (Å²) in [6, 6.07) is 0.191. The Bertz CT molecular complexity index is 437. The summed E-state index contributed by atoms with van der Waals surface area (Å²) in [4.78, 5) is 11.7. The van der Waals surface area contributed by atoms with E-state index >= 15 is 0 Å². The number of carbonyl (C=O) groups excluding carboxylic acids is 1. The summed E-state index contributed by atoms with van der Waals surface area (Å²) < 4.78 is 1.94. The summed E-state index contributed by atoms with van der Waals surface area (Å²) in [5.41, 5.74) is 3.46. The lowest BCUT2D eigenvalue weighted by atomic mass is 10.2. The van der Waals surface area contributed by atoms with E-state index in [-0.39, 0.29) is 11.9 Å². The van der Waals surface area contributed by atoms with Gasteiger partial charge in [0.25, 0.3) is 0 Å². The molecule has 0 aliphatic rings. The minimum atomic E-state index is 0.0817. The summed E-state index contributed by atoms with van der Waals surface area (Å²) in [5.74, 6) is 0.0817. The van der Waals surface area contributed by atoms with Crippen molar-refractivity contribution in [3.05, 3.63) is 17.0 Å². The van der Waals surface area contributed by atoms with Gasteiger partial charge in [-0.25, -0.2) is 0 Å². The van der Waals surface area contributed by atoms with Crippen LogP contribution in [0.5, 0.6) is 0 Å². The van der Waals surface area contributed by atoms with Crippen LogP contribution in [-0.4, -0.2) is 28.3 Å². The maximum absolute atomic E-state index is 11.7. The number of amides is 1. The summed E-state index contributed by atoms with van der Waals surface area (Å²) in [6.07, 6.45) is 1.60. The first-order valence-electron chi connectivity index (χ1n) is 7.48. The molecule has 1 heterocycles. The fourth-order valence-electron chi connectivity index (χ4n) is 2.20. The monoisotopic (exact) mass is 280 g/mol. The third kappa shape index (κ3) is 4.96.